The zero-order valence-electron chi connectivity index (χ0n) is 12.9. The molecule has 0 spiro atoms. The maximum absolute atomic E-state index is 12.4. The standard InChI is InChI=1S/C16H19N3O4/c1-2-3-6-9-19-15(21)12-8-5-4-7-11(12)14(18-19)16(22)23-10-13(17)20/h4-5,7-8H,2-3,6,9-10H2,1H3,(H2,17,20). The van der Waals surface area contributed by atoms with Gasteiger partial charge in [-0.3, -0.25) is 9.59 Å². The van der Waals surface area contributed by atoms with E-state index < -0.39 is 18.5 Å². The summed E-state index contributed by atoms with van der Waals surface area (Å²) in [5, 5.41) is 4.92. The second kappa shape index (κ2) is 7.53. The van der Waals surface area contributed by atoms with Crippen molar-refractivity contribution in [2.24, 2.45) is 5.73 Å². The molecule has 0 aliphatic rings. The molecule has 1 aromatic carbocycles. The number of carbonyl (C=O) groups excluding carboxylic acids is 2. The van der Waals surface area contributed by atoms with Crippen LogP contribution in [-0.2, 0) is 16.1 Å². The molecule has 0 aliphatic heterocycles. The lowest BCUT2D eigenvalue weighted by atomic mass is 10.1. The molecule has 0 radical (unpaired) electrons. The Morgan fingerprint density at radius 3 is 2.57 bits per heavy atom. The first-order chi connectivity index (χ1) is 11.0. The lowest BCUT2D eigenvalue weighted by Crippen LogP contribution is -2.28. The lowest BCUT2D eigenvalue weighted by Gasteiger charge is -2.10. The summed E-state index contributed by atoms with van der Waals surface area (Å²) in [4.78, 5) is 35.4. The highest BCUT2D eigenvalue weighted by molar-refractivity contribution is 6.02. The number of ether oxygens (including phenoxy) is 1. The molecule has 2 aromatic rings. The van der Waals surface area contributed by atoms with Crippen LogP contribution in [0.3, 0.4) is 0 Å². The van der Waals surface area contributed by atoms with E-state index in [0.717, 1.165) is 19.3 Å². The number of aryl methyl sites for hydroxylation is 1. The molecule has 0 unspecified atom stereocenters. The number of primary amides is 1. The number of unbranched alkanes of at least 4 members (excludes halogenated alkanes) is 2. The second-order valence-electron chi connectivity index (χ2n) is 5.17. The van der Waals surface area contributed by atoms with Crippen molar-refractivity contribution in [2.75, 3.05) is 6.61 Å². The number of rotatable bonds is 7. The number of nitrogens with zero attached hydrogens (tertiary/aromatic N) is 2. The minimum Gasteiger partial charge on any atom is -0.451 e. The molecule has 1 amide bonds. The molecule has 0 saturated heterocycles. The van der Waals surface area contributed by atoms with Gasteiger partial charge in [-0.05, 0) is 12.5 Å². The summed E-state index contributed by atoms with van der Waals surface area (Å²) in [7, 11) is 0. The fraction of sp³-hybridized carbons (Fsp3) is 0.375. The third-order valence-corrected chi connectivity index (χ3v) is 3.38. The summed E-state index contributed by atoms with van der Waals surface area (Å²) in [6, 6.07) is 6.69. The number of fused-ring (bicyclic) bond motifs is 1. The van der Waals surface area contributed by atoms with Gasteiger partial charge in [0, 0.05) is 11.9 Å². The van der Waals surface area contributed by atoms with Gasteiger partial charge in [0.1, 0.15) is 0 Å². The van der Waals surface area contributed by atoms with Gasteiger partial charge in [0.15, 0.2) is 12.3 Å². The topological polar surface area (TPSA) is 104 Å². The van der Waals surface area contributed by atoms with E-state index in [-0.39, 0.29) is 11.3 Å². The van der Waals surface area contributed by atoms with Crippen molar-refractivity contribution in [3.8, 4) is 0 Å². The molecule has 0 fully saturated rings. The van der Waals surface area contributed by atoms with Gasteiger partial charge in [-0.2, -0.15) is 5.10 Å². The fourth-order valence-electron chi connectivity index (χ4n) is 2.25. The van der Waals surface area contributed by atoms with Crippen LogP contribution in [0.15, 0.2) is 29.1 Å². The molecular weight excluding hydrogens is 298 g/mol. The summed E-state index contributed by atoms with van der Waals surface area (Å²) in [5.74, 6) is -1.52. The lowest BCUT2D eigenvalue weighted by molar-refractivity contribution is -0.121. The Bertz CT molecular complexity index is 782. The molecule has 0 saturated carbocycles. The van der Waals surface area contributed by atoms with Crippen molar-refractivity contribution in [3.05, 3.63) is 40.3 Å². The highest BCUT2D eigenvalue weighted by atomic mass is 16.5. The highest BCUT2D eigenvalue weighted by Crippen LogP contribution is 2.14. The largest absolute Gasteiger partial charge is 0.451 e. The van der Waals surface area contributed by atoms with E-state index in [1.165, 1.54) is 4.68 Å². The maximum atomic E-state index is 12.4. The zero-order valence-corrected chi connectivity index (χ0v) is 12.9. The van der Waals surface area contributed by atoms with Crippen LogP contribution in [0.4, 0.5) is 0 Å². The minimum atomic E-state index is -0.774. The molecule has 2 rings (SSSR count). The van der Waals surface area contributed by atoms with Crippen molar-refractivity contribution < 1.29 is 14.3 Å². The van der Waals surface area contributed by atoms with Crippen LogP contribution in [0.1, 0.15) is 36.7 Å². The Morgan fingerprint density at radius 1 is 1.22 bits per heavy atom. The van der Waals surface area contributed by atoms with Crippen molar-refractivity contribution in [2.45, 2.75) is 32.7 Å². The van der Waals surface area contributed by atoms with E-state index in [9.17, 15) is 14.4 Å². The van der Waals surface area contributed by atoms with Crippen LogP contribution in [-0.4, -0.2) is 28.3 Å². The third kappa shape index (κ3) is 3.94. The summed E-state index contributed by atoms with van der Waals surface area (Å²) in [6.45, 7) is 1.96. The average Bonchev–Trinajstić information content (AvgIpc) is 2.55. The van der Waals surface area contributed by atoms with Gasteiger partial charge in [0.05, 0.1) is 5.39 Å². The molecule has 0 bridgehead atoms. The average molecular weight is 317 g/mol. The molecule has 2 N–H and O–H groups in total. The van der Waals surface area contributed by atoms with Gasteiger partial charge in [0.25, 0.3) is 11.5 Å². The number of hydrogen-bond donors (Lipinski definition) is 1. The molecule has 0 atom stereocenters. The smallest absolute Gasteiger partial charge is 0.359 e. The fourth-order valence-corrected chi connectivity index (χ4v) is 2.25. The van der Waals surface area contributed by atoms with Gasteiger partial charge in [-0.1, -0.05) is 38.0 Å². The Hall–Kier alpha value is -2.70. The quantitative estimate of drug-likeness (QED) is 0.611. The second-order valence-corrected chi connectivity index (χ2v) is 5.17. The SMILES string of the molecule is CCCCCn1nc(C(=O)OCC(N)=O)c2ccccc2c1=O. The number of nitrogens with two attached hydrogens (primary N) is 1. The van der Waals surface area contributed by atoms with E-state index in [0.29, 0.717) is 17.3 Å². The zero-order chi connectivity index (χ0) is 16.8. The number of hydrogen-bond acceptors (Lipinski definition) is 5. The molecule has 23 heavy (non-hydrogen) atoms. The molecule has 0 aliphatic carbocycles. The Balaban J connectivity index is 2.45. The third-order valence-electron chi connectivity index (χ3n) is 3.38. The van der Waals surface area contributed by atoms with Gasteiger partial charge in [-0.15, -0.1) is 0 Å². The first kappa shape index (κ1) is 16.7. The van der Waals surface area contributed by atoms with Crippen LogP contribution in [0.5, 0.6) is 0 Å². The normalized spacial score (nSPS) is 10.7. The van der Waals surface area contributed by atoms with Gasteiger partial charge in [-0.25, -0.2) is 9.48 Å². The number of carbonyl (C=O) groups is 2. The van der Waals surface area contributed by atoms with Crippen LogP contribution < -0.4 is 11.3 Å². The van der Waals surface area contributed by atoms with E-state index in [4.69, 9.17) is 10.5 Å². The Kier molecular flexibility index (Phi) is 5.46. The predicted molar refractivity (Wildman–Crippen MR) is 85.0 cm³/mol. The maximum Gasteiger partial charge on any atom is 0.359 e. The van der Waals surface area contributed by atoms with Crippen molar-refractivity contribution >= 4 is 22.6 Å². The van der Waals surface area contributed by atoms with Gasteiger partial charge >= 0.3 is 5.97 Å². The van der Waals surface area contributed by atoms with E-state index in [1.807, 2.05) is 0 Å². The van der Waals surface area contributed by atoms with E-state index in [2.05, 4.69) is 12.0 Å². The van der Waals surface area contributed by atoms with Gasteiger partial charge in [0.2, 0.25) is 0 Å². The molecule has 7 heteroatoms. The Labute approximate surface area is 133 Å². The predicted octanol–water partition coefficient (Wildman–Crippen LogP) is 1.23. The first-order valence-electron chi connectivity index (χ1n) is 7.50. The summed E-state index contributed by atoms with van der Waals surface area (Å²) >= 11 is 0. The molecule has 1 heterocycles. The molecular formula is C16H19N3O4. The number of amides is 1. The molecule has 122 valence electrons. The van der Waals surface area contributed by atoms with Crippen LogP contribution in [0, 0.1) is 0 Å². The summed E-state index contributed by atoms with van der Waals surface area (Å²) < 4.78 is 6.10. The number of esters is 1. The van der Waals surface area contributed by atoms with E-state index >= 15 is 0 Å². The van der Waals surface area contributed by atoms with Crippen molar-refractivity contribution in [3.63, 3.8) is 0 Å². The van der Waals surface area contributed by atoms with Crippen LogP contribution >= 0.6 is 0 Å². The monoisotopic (exact) mass is 317 g/mol. The summed E-state index contributed by atoms with van der Waals surface area (Å²) in [6.07, 6.45) is 2.76. The molecule has 7 nitrogen and oxygen atoms in total. The highest BCUT2D eigenvalue weighted by Gasteiger charge is 2.18. The molecule has 1 aromatic heterocycles. The first-order valence-corrected chi connectivity index (χ1v) is 7.50. The Morgan fingerprint density at radius 2 is 1.91 bits per heavy atom. The van der Waals surface area contributed by atoms with Crippen molar-refractivity contribution in [1.29, 1.82) is 0 Å². The minimum absolute atomic E-state index is 0.0120. The van der Waals surface area contributed by atoms with Crippen LogP contribution in [0.2, 0.25) is 0 Å². The van der Waals surface area contributed by atoms with Crippen molar-refractivity contribution in [1.82, 2.24) is 9.78 Å². The van der Waals surface area contributed by atoms with Gasteiger partial charge < -0.3 is 10.5 Å². The van der Waals surface area contributed by atoms with Crippen LogP contribution in [0.25, 0.3) is 10.8 Å². The summed E-state index contributed by atoms with van der Waals surface area (Å²) in [5.41, 5.74) is 4.74. The number of aromatic nitrogens is 2. The van der Waals surface area contributed by atoms with E-state index in [1.54, 1.807) is 24.3 Å². The number of benzene rings is 1.